The van der Waals surface area contributed by atoms with Gasteiger partial charge in [-0.1, -0.05) is 6.07 Å². The molecule has 3 aromatic rings. The summed E-state index contributed by atoms with van der Waals surface area (Å²) in [5, 5.41) is 1.29. The van der Waals surface area contributed by atoms with Crippen molar-refractivity contribution in [2.75, 3.05) is 18.5 Å². The van der Waals surface area contributed by atoms with Crippen LogP contribution in [0.3, 0.4) is 0 Å². The van der Waals surface area contributed by atoms with Gasteiger partial charge in [0.05, 0.1) is 5.39 Å². The van der Waals surface area contributed by atoms with Crippen molar-refractivity contribution in [1.29, 1.82) is 0 Å². The zero-order valence-electron chi connectivity index (χ0n) is 13.3. The second kappa shape index (κ2) is 6.24. The van der Waals surface area contributed by atoms with Crippen molar-refractivity contribution < 1.29 is 0 Å². The number of likely N-dealkylation sites (N-methyl/N-ethyl adjacent to an activating group) is 1. The van der Waals surface area contributed by atoms with Gasteiger partial charge in [-0.25, -0.2) is 9.97 Å². The Morgan fingerprint density at radius 3 is 2.91 bits per heavy atom. The van der Waals surface area contributed by atoms with Gasteiger partial charge in [-0.05, 0) is 43.4 Å². The molecule has 0 saturated carbocycles. The van der Waals surface area contributed by atoms with E-state index in [-0.39, 0.29) is 0 Å². The van der Waals surface area contributed by atoms with E-state index in [0.717, 1.165) is 29.3 Å². The average molecular weight is 324 g/mol. The summed E-state index contributed by atoms with van der Waals surface area (Å²) >= 11 is 1.86. The van der Waals surface area contributed by atoms with Crippen molar-refractivity contribution in [2.24, 2.45) is 0 Å². The molecule has 0 bridgehead atoms. The molecular formula is C18H20N4S. The molecular weight excluding hydrogens is 304 g/mol. The number of aryl methyl sites for hydroxylation is 2. The van der Waals surface area contributed by atoms with Gasteiger partial charge in [0, 0.05) is 36.8 Å². The van der Waals surface area contributed by atoms with Crippen LogP contribution < -0.4 is 4.90 Å². The third-order valence-electron chi connectivity index (χ3n) is 4.52. The Labute approximate surface area is 140 Å². The van der Waals surface area contributed by atoms with Gasteiger partial charge in [-0.15, -0.1) is 11.3 Å². The summed E-state index contributed by atoms with van der Waals surface area (Å²) in [7, 11) is 2.12. The predicted molar refractivity (Wildman–Crippen MR) is 95.3 cm³/mol. The number of thiophene rings is 1. The molecule has 4 nitrogen and oxygen atoms in total. The minimum absolute atomic E-state index is 0.910. The van der Waals surface area contributed by atoms with Crippen molar-refractivity contribution in [2.45, 2.75) is 32.1 Å². The Hall–Kier alpha value is -2.01. The van der Waals surface area contributed by atoms with E-state index in [9.17, 15) is 0 Å². The number of hydrogen-bond donors (Lipinski definition) is 0. The smallest absolute Gasteiger partial charge is 0.140 e. The van der Waals surface area contributed by atoms with Crippen molar-refractivity contribution in [1.82, 2.24) is 15.0 Å². The number of pyridine rings is 1. The zero-order valence-corrected chi connectivity index (χ0v) is 14.1. The molecule has 0 atom stereocenters. The number of rotatable bonds is 4. The van der Waals surface area contributed by atoms with Gasteiger partial charge < -0.3 is 4.90 Å². The lowest BCUT2D eigenvalue weighted by Crippen LogP contribution is -2.22. The van der Waals surface area contributed by atoms with Crippen LogP contribution in [0.25, 0.3) is 10.2 Å². The van der Waals surface area contributed by atoms with Gasteiger partial charge in [0.25, 0.3) is 0 Å². The molecule has 0 N–H and O–H groups in total. The van der Waals surface area contributed by atoms with Crippen LogP contribution in [0.15, 0.2) is 30.7 Å². The number of hydrogen-bond acceptors (Lipinski definition) is 5. The molecule has 0 unspecified atom stereocenters. The van der Waals surface area contributed by atoms with Gasteiger partial charge in [0.15, 0.2) is 0 Å². The molecule has 1 aliphatic rings. The Morgan fingerprint density at radius 2 is 2.04 bits per heavy atom. The van der Waals surface area contributed by atoms with Crippen LogP contribution >= 0.6 is 11.3 Å². The molecule has 3 aromatic heterocycles. The van der Waals surface area contributed by atoms with Crippen molar-refractivity contribution in [3.63, 3.8) is 0 Å². The maximum Gasteiger partial charge on any atom is 0.140 e. The molecule has 4 rings (SSSR count). The molecule has 0 aliphatic heterocycles. The van der Waals surface area contributed by atoms with Crippen molar-refractivity contribution in [3.05, 3.63) is 46.9 Å². The highest BCUT2D eigenvalue weighted by molar-refractivity contribution is 7.19. The van der Waals surface area contributed by atoms with E-state index in [2.05, 4.69) is 33.0 Å². The second-order valence-corrected chi connectivity index (χ2v) is 7.16. The van der Waals surface area contributed by atoms with E-state index < -0.39 is 0 Å². The van der Waals surface area contributed by atoms with E-state index >= 15 is 0 Å². The van der Waals surface area contributed by atoms with Crippen LogP contribution in [0, 0.1) is 0 Å². The van der Waals surface area contributed by atoms with Gasteiger partial charge >= 0.3 is 0 Å². The monoisotopic (exact) mass is 324 g/mol. The molecule has 0 spiro atoms. The van der Waals surface area contributed by atoms with Crippen LogP contribution in [-0.2, 0) is 19.3 Å². The lowest BCUT2D eigenvalue weighted by Gasteiger charge is -2.20. The second-order valence-electron chi connectivity index (χ2n) is 6.08. The SMILES string of the molecule is CN(CCc1ccccn1)c1ncnc2sc3c(c12)CCCC3. The lowest BCUT2D eigenvalue weighted by atomic mass is 9.97. The Balaban J connectivity index is 1.64. The molecule has 0 aromatic carbocycles. The molecule has 5 heteroatoms. The van der Waals surface area contributed by atoms with Crippen LogP contribution in [0.5, 0.6) is 0 Å². The highest BCUT2D eigenvalue weighted by Crippen LogP contribution is 2.38. The predicted octanol–water partition coefficient (Wildman–Crippen LogP) is 3.64. The Morgan fingerprint density at radius 1 is 1.13 bits per heavy atom. The molecule has 23 heavy (non-hydrogen) atoms. The summed E-state index contributed by atoms with van der Waals surface area (Å²) in [6.45, 7) is 0.910. The summed E-state index contributed by atoms with van der Waals surface area (Å²) in [5.41, 5.74) is 2.62. The third kappa shape index (κ3) is 2.81. The van der Waals surface area contributed by atoms with Gasteiger partial charge in [-0.3, -0.25) is 4.98 Å². The molecule has 118 valence electrons. The first-order chi connectivity index (χ1) is 11.3. The molecule has 0 radical (unpaired) electrons. The minimum atomic E-state index is 0.910. The van der Waals surface area contributed by atoms with E-state index in [4.69, 9.17) is 0 Å². The topological polar surface area (TPSA) is 41.9 Å². The maximum atomic E-state index is 4.60. The molecule has 3 heterocycles. The largest absolute Gasteiger partial charge is 0.359 e. The van der Waals surface area contributed by atoms with E-state index in [1.807, 2.05) is 29.7 Å². The summed E-state index contributed by atoms with van der Waals surface area (Å²) in [4.78, 5) is 18.4. The third-order valence-corrected chi connectivity index (χ3v) is 5.72. The van der Waals surface area contributed by atoms with Crippen LogP contribution in [0.4, 0.5) is 5.82 Å². The normalized spacial score (nSPS) is 14.0. The number of aromatic nitrogens is 3. The first kappa shape index (κ1) is 14.6. The Kier molecular flexibility index (Phi) is 3.95. The standard InChI is InChI=1S/C18H20N4S/c1-22(11-9-13-6-4-5-10-19-13)17-16-14-7-2-3-8-15(14)23-18(16)21-12-20-17/h4-6,10,12H,2-3,7-9,11H2,1H3. The van der Waals surface area contributed by atoms with E-state index in [1.165, 1.54) is 41.5 Å². The van der Waals surface area contributed by atoms with Gasteiger partial charge in [0.1, 0.15) is 17.0 Å². The lowest BCUT2D eigenvalue weighted by molar-refractivity contribution is 0.700. The molecule has 0 saturated heterocycles. The van der Waals surface area contributed by atoms with Crippen LogP contribution in [-0.4, -0.2) is 28.5 Å². The maximum absolute atomic E-state index is 4.60. The number of nitrogens with zero attached hydrogens (tertiary/aromatic N) is 4. The molecule has 0 amide bonds. The summed E-state index contributed by atoms with van der Waals surface area (Å²) in [6.07, 6.45) is 9.44. The summed E-state index contributed by atoms with van der Waals surface area (Å²) in [5.74, 6) is 1.07. The van der Waals surface area contributed by atoms with Crippen molar-refractivity contribution >= 4 is 27.4 Å². The zero-order chi connectivity index (χ0) is 15.6. The molecule has 1 aliphatic carbocycles. The summed E-state index contributed by atoms with van der Waals surface area (Å²) in [6, 6.07) is 6.08. The fourth-order valence-electron chi connectivity index (χ4n) is 3.30. The fourth-order valence-corrected chi connectivity index (χ4v) is 4.52. The van der Waals surface area contributed by atoms with Crippen LogP contribution in [0.1, 0.15) is 29.0 Å². The van der Waals surface area contributed by atoms with E-state index in [0.29, 0.717) is 0 Å². The highest BCUT2D eigenvalue weighted by Gasteiger charge is 2.21. The average Bonchev–Trinajstić information content (AvgIpc) is 2.99. The quantitative estimate of drug-likeness (QED) is 0.735. The van der Waals surface area contributed by atoms with Gasteiger partial charge in [0.2, 0.25) is 0 Å². The number of anilines is 1. The highest BCUT2D eigenvalue weighted by atomic mass is 32.1. The fraction of sp³-hybridized carbons (Fsp3) is 0.389. The molecule has 0 fully saturated rings. The number of fused-ring (bicyclic) bond motifs is 3. The Bertz CT molecular complexity index is 813. The van der Waals surface area contributed by atoms with Gasteiger partial charge in [-0.2, -0.15) is 0 Å². The first-order valence-corrected chi connectivity index (χ1v) is 9.01. The van der Waals surface area contributed by atoms with Crippen LogP contribution in [0.2, 0.25) is 0 Å². The van der Waals surface area contributed by atoms with E-state index in [1.54, 1.807) is 6.33 Å². The first-order valence-electron chi connectivity index (χ1n) is 8.19. The summed E-state index contributed by atoms with van der Waals surface area (Å²) < 4.78 is 0. The minimum Gasteiger partial charge on any atom is -0.359 e. The van der Waals surface area contributed by atoms with Crippen molar-refractivity contribution in [3.8, 4) is 0 Å².